The van der Waals surface area contributed by atoms with E-state index in [4.69, 9.17) is 23.2 Å². The van der Waals surface area contributed by atoms with Crippen molar-refractivity contribution in [2.75, 3.05) is 25.1 Å². The first-order valence-corrected chi connectivity index (χ1v) is 10.9. The van der Waals surface area contributed by atoms with Gasteiger partial charge in [0.2, 0.25) is 11.8 Å². The van der Waals surface area contributed by atoms with E-state index in [1.54, 1.807) is 35.0 Å². The molecule has 142 valence electrons. The average Bonchev–Trinajstić information content (AvgIpc) is 3.12. The van der Waals surface area contributed by atoms with E-state index in [9.17, 15) is 18.0 Å². The minimum atomic E-state index is -3.07. The van der Waals surface area contributed by atoms with Crippen molar-refractivity contribution in [1.82, 2.24) is 9.80 Å². The van der Waals surface area contributed by atoms with Crippen LogP contribution in [0.3, 0.4) is 0 Å². The maximum Gasteiger partial charge on any atom is 0.228 e. The summed E-state index contributed by atoms with van der Waals surface area (Å²) in [4.78, 5) is 28.1. The second-order valence-corrected chi connectivity index (χ2v) is 9.99. The van der Waals surface area contributed by atoms with E-state index in [-0.39, 0.29) is 42.3 Å². The molecule has 9 heteroatoms. The second kappa shape index (κ2) is 7.37. The Kier molecular flexibility index (Phi) is 5.51. The van der Waals surface area contributed by atoms with E-state index < -0.39 is 15.8 Å². The molecule has 2 aliphatic rings. The number of hydrogen-bond donors (Lipinski definition) is 0. The van der Waals surface area contributed by atoms with Crippen LogP contribution in [0.5, 0.6) is 0 Å². The van der Waals surface area contributed by atoms with Gasteiger partial charge in [-0.1, -0.05) is 29.3 Å². The van der Waals surface area contributed by atoms with Gasteiger partial charge in [0.1, 0.15) is 0 Å². The number of sulfone groups is 1. The van der Waals surface area contributed by atoms with Crippen LogP contribution in [0, 0.1) is 5.92 Å². The Morgan fingerprint density at radius 2 is 2.04 bits per heavy atom. The second-order valence-electron chi connectivity index (χ2n) is 6.95. The molecule has 3 rings (SSSR count). The summed E-state index contributed by atoms with van der Waals surface area (Å²) in [5, 5.41) is 0.877. The molecule has 1 aromatic carbocycles. The highest BCUT2D eigenvalue weighted by Crippen LogP contribution is 2.28. The van der Waals surface area contributed by atoms with Gasteiger partial charge < -0.3 is 9.80 Å². The van der Waals surface area contributed by atoms with E-state index in [1.165, 1.54) is 0 Å². The third-order valence-electron chi connectivity index (χ3n) is 4.94. The van der Waals surface area contributed by atoms with Crippen molar-refractivity contribution in [3.63, 3.8) is 0 Å². The lowest BCUT2D eigenvalue weighted by Gasteiger charge is -2.24. The first kappa shape index (κ1) is 19.5. The number of rotatable bonds is 4. The van der Waals surface area contributed by atoms with Crippen LogP contribution >= 0.6 is 23.2 Å². The van der Waals surface area contributed by atoms with Crippen molar-refractivity contribution < 1.29 is 18.0 Å². The molecule has 1 aromatic rings. The molecule has 6 nitrogen and oxygen atoms in total. The van der Waals surface area contributed by atoms with Gasteiger partial charge in [0.15, 0.2) is 9.84 Å². The fraction of sp³-hybridized carbons (Fsp3) is 0.529. The Bertz CT molecular complexity index is 843. The van der Waals surface area contributed by atoms with Gasteiger partial charge in [0.05, 0.1) is 27.5 Å². The van der Waals surface area contributed by atoms with Gasteiger partial charge in [-0.25, -0.2) is 8.42 Å². The molecule has 0 spiro atoms. The largest absolute Gasteiger partial charge is 0.341 e. The van der Waals surface area contributed by atoms with Crippen LogP contribution in [0.25, 0.3) is 0 Å². The summed E-state index contributed by atoms with van der Waals surface area (Å²) < 4.78 is 23.3. The van der Waals surface area contributed by atoms with E-state index >= 15 is 0 Å². The smallest absolute Gasteiger partial charge is 0.228 e. The molecule has 2 saturated heterocycles. The van der Waals surface area contributed by atoms with Crippen molar-refractivity contribution >= 4 is 44.9 Å². The molecule has 0 saturated carbocycles. The average molecular weight is 419 g/mol. The zero-order chi connectivity index (χ0) is 19.1. The van der Waals surface area contributed by atoms with Gasteiger partial charge in [-0.05, 0) is 24.1 Å². The first-order chi connectivity index (χ1) is 12.2. The number of likely N-dealkylation sites (tertiary alicyclic amines) is 1. The molecule has 2 fully saturated rings. The van der Waals surface area contributed by atoms with Gasteiger partial charge >= 0.3 is 0 Å². The highest BCUT2D eigenvalue weighted by Gasteiger charge is 2.42. The molecule has 0 N–H and O–H groups in total. The number of carbonyl (C=O) groups is 2. The molecule has 26 heavy (non-hydrogen) atoms. The number of carbonyl (C=O) groups excluding carboxylic acids is 2. The zero-order valence-corrected chi connectivity index (χ0v) is 16.6. The lowest BCUT2D eigenvalue weighted by atomic mass is 10.1. The predicted molar refractivity (Wildman–Crippen MR) is 99.8 cm³/mol. The topological polar surface area (TPSA) is 74.8 Å². The lowest BCUT2D eigenvalue weighted by molar-refractivity contribution is -0.135. The quantitative estimate of drug-likeness (QED) is 0.748. The summed E-state index contributed by atoms with van der Waals surface area (Å²) in [6.07, 6.45) is 0.579. The fourth-order valence-electron chi connectivity index (χ4n) is 3.57. The molecule has 0 aliphatic carbocycles. The van der Waals surface area contributed by atoms with Crippen LogP contribution in [0.2, 0.25) is 10.0 Å². The Morgan fingerprint density at radius 3 is 2.65 bits per heavy atom. The number of nitrogens with zero attached hydrogens (tertiary/aromatic N) is 2. The Labute approximate surface area is 163 Å². The molecule has 2 amide bonds. The van der Waals surface area contributed by atoms with Crippen molar-refractivity contribution in [2.24, 2.45) is 5.92 Å². The number of amides is 2. The third-order valence-corrected chi connectivity index (χ3v) is 7.43. The Morgan fingerprint density at radius 1 is 1.31 bits per heavy atom. The van der Waals surface area contributed by atoms with E-state index in [0.717, 1.165) is 5.56 Å². The maximum absolute atomic E-state index is 12.7. The van der Waals surface area contributed by atoms with Crippen LogP contribution in [-0.4, -0.2) is 61.2 Å². The Balaban J connectivity index is 1.63. The minimum absolute atomic E-state index is 0.00123. The molecule has 0 bridgehead atoms. The molecule has 2 heterocycles. The molecular weight excluding hydrogens is 399 g/mol. The van der Waals surface area contributed by atoms with Crippen LogP contribution in [-0.2, 0) is 26.0 Å². The van der Waals surface area contributed by atoms with Crippen LogP contribution < -0.4 is 0 Å². The minimum Gasteiger partial charge on any atom is -0.341 e. The number of hydrogen-bond acceptors (Lipinski definition) is 4. The predicted octanol–water partition coefficient (Wildman–Crippen LogP) is 1.99. The molecule has 2 atom stereocenters. The van der Waals surface area contributed by atoms with Crippen molar-refractivity contribution in [1.29, 1.82) is 0 Å². The molecule has 2 unspecified atom stereocenters. The monoisotopic (exact) mass is 418 g/mol. The summed E-state index contributed by atoms with van der Waals surface area (Å²) in [5.41, 5.74) is 0.846. The third kappa shape index (κ3) is 4.15. The van der Waals surface area contributed by atoms with Gasteiger partial charge in [-0.15, -0.1) is 0 Å². The van der Waals surface area contributed by atoms with Crippen molar-refractivity contribution in [2.45, 2.75) is 25.4 Å². The van der Waals surface area contributed by atoms with E-state index in [2.05, 4.69) is 0 Å². The lowest BCUT2D eigenvalue weighted by Crippen LogP contribution is -2.39. The summed E-state index contributed by atoms with van der Waals surface area (Å²) in [6.45, 7) is 0.641. The van der Waals surface area contributed by atoms with Crippen LogP contribution in [0.1, 0.15) is 18.4 Å². The van der Waals surface area contributed by atoms with Crippen molar-refractivity contribution in [3.8, 4) is 0 Å². The zero-order valence-electron chi connectivity index (χ0n) is 14.3. The normalized spacial score (nSPS) is 24.9. The standard InChI is InChI=1S/C17H20Cl2N2O4S/c1-20(8-11-2-3-14(18)15(19)6-11)17(23)12-7-16(22)21(9-12)13-4-5-26(24,25)10-13/h2-3,6,12-13H,4-5,7-10H2,1H3. The van der Waals surface area contributed by atoms with Gasteiger partial charge in [-0.2, -0.15) is 0 Å². The van der Waals surface area contributed by atoms with Crippen LogP contribution in [0.15, 0.2) is 18.2 Å². The molecule has 0 radical (unpaired) electrons. The van der Waals surface area contributed by atoms with Crippen molar-refractivity contribution in [3.05, 3.63) is 33.8 Å². The number of benzene rings is 1. The fourth-order valence-corrected chi connectivity index (χ4v) is 5.62. The summed E-state index contributed by atoms with van der Waals surface area (Å²) in [6, 6.07) is 4.89. The Hall–Kier alpha value is -1.31. The summed E-state index contributed by atoms with van der Waals surface area (Å²) in [5.74, 6) is -0.615. The van der Waals surface area contributed by atoms with E-state index in [0.29, 0.717) is 23.0 Å². The SMILES string of the molecule is CN(Cc1ccc(Cl)c(Cl)c1)C(=O)C1CC(=O)N(C2CCS(=O)(=O)C2)C1. The van der Waals surface area contributed by atoms with E-state index in [1.807, 2.05) is 0 Å². The van der Waals surface area contributed by atoms with Gasteiger partial charge in [0.25, 0.3) is 0 Å². The molecule has 2 aliphatic heterocycles. The highest BCUT2D eigenvalue weighted by molar-refractivity contribution is 7.91. The summed E-state index contributed by atoms with van der Waals surface area (Å²) in [7, 11) is -1.39. The summed E-state index contributed by atoms with van der Waals surface area (Å²) >= 11 is 11.9. The van der Waals surface area contributed by atoms with Crippen LogP contribution in [0.4, 0.5) is 0 Å². The molecular formula is C17H20Cl2N2O4S. The highest BCUT2D eigenvalue weighted by atomic mass is 35.5. The van der Waals surface area contributed by atoms with Gasteiger partial charge in [0, 0.05) is 32.6 Å². The van der Waals surface area contributed by atoms with Gasteiger partial charge in [-0.3, -0.25) is 9.59 Å². The first-order valence-electron chi connectivity index (χ1n) is 8.35. The maximum atomic E-state index is 12.7. The molecule has 0 aromatic heterocycles. The number of halogens is 2.